The summed E-state index contributed by atoms with van der Waals surface area (Å²) in [4.78, 5) is 16.0. The third kappa shape index (κ3) is 6.33. The lowest BCUT2D eigenvalue weighted by Gasteiger charge is -2.07. The number of aromatic nitrogens is 1. The number of anilines is 1. The van der Waals surface area contributed by atoms with Gasteiger partial charge in [0.05, 0.1) is 0 Å². The van der Waals surface area contributed by atoms with Gasteiger partial charge in [0.2, 0.25) is 0 Å². The van der Waals surface area contributed by atoms with E-state index in [4.69, 9.17) is 0 Å². The highest BCUT2D eigenvalue weighted by Crippen LogP contribution is 2.06. The summed E-state index contributed by atoms with van der Waals surface area (Å²) in [6.45, 7) is 3.44. The zero-order valence-electron chi connectivity index (χ0n) is 11.4. The first-order valence-electron chi connectivity index (χ1n) is 6.41. The minimum atomic E-state index is -0.804. The van der Waals surface area contributed by atoms with Crippen molar-refractivity contribution in [1.82, 2.24) is 10.3 Å². The van der Waals surface area contributed by atoms with Crippen molar-refractivity contribution < 1.29 is 9.00 Å². The average Bonchev–Trinajstić information content (AvgIpc) is 2.41. The molecule has 5 nitrogen and oxygen atoms in total. The Morgan fingerprint density at radius 3 is 2.89 bits per heavy atom. The molecule has 0 aliphatic rings. The molecule has 19 heavy (non-hydrogen) atoms. The molecule has 1 rings (SSSR count). The van der Waals surface area contributed by atoms with Crippen LogP contribution in [0.5, 0.6) is 0 Å². The second-order valence-electron chi connectivity index (χ2n) is 4.24. The molecule has 0 spiro atoms. The van der Waals surface area contributed by atoms with Crippen LogP contribution in [0.2, 0.25) is 0 Å². The smallest absolute Gasteiger partial charge is 0.251 e. The van der Waals surface area contributed by atoms with E-state index in [9.17, 15) is 9.00 Å². The van der Waals surface area contributed by atoms with E-state index in [1.165, 1.54) is 0 Å². The van der Waals surface area contributed by atoms with Crippen molar-refractivity contribution in [2.24, 2.45) is 0 Å². The minimum Gasteiger partial charge on any atom is -0.370 e. The fraction of sp³-hybridized carbons (Fsp3) is 0.538. The van der Waals surface area contributed by atoms with Crippen LogP contribution in [0, 0.1) is 0 Å². The van der Waals surface area contributed by atoms with Gasteiger partial charge in [-0.1, -0.05) is 6.92 Å². The molecule has 0 aliphatic carbocycles. The van der Waals surface area contributed by atoms with Crippen molar-refractivity contribution in [1.29, 1.82) is 0 Å². The summed E-state index contributed by atoms with van der Waals surface area (Å²) in [5, 5.41) is 5.95. The SMILES string of the molecule is CCCNc1cc(C(=O)NCCCS(C)=O)ccn1. The molecule has 1 aromatic heterocycles. The lowest BCUT2D eigenvalue weighted by molar-refractivity contribution is 0.0953. The van der Waals surface area contributed by atoms with Gasteiger partial charge in [-0.25, -0.2) is 4.98 Å². The molecule has 0 aliphatic heterocycles. The van der Waals surface area contributed by atoms with Crippen LogP contribution in [-0.4, -0.2) is 40.2 Å². The number of carbonyl (C=O) groups is 1. The third-order valence-corrected chi connectivity index (χ3v) is 3.34. The molecule has 1 unspecified atom stereocenters. The molecule has 0 saturated heterocycles. The van der Waals surface area contributed by atoms with Crippen molar-refractivity contribution >= 4 is 22.5 Å². The highest BCUT2D eigenvalue weighted by molar-refractivity contribution is 7.84. The van der Waals surface area contributed by atoms with Gasteiger partial charge in [0.25, 0.3) is 5.91 Å². The monoisotopic (exact) mass is 283 g/mol. The van der Waals surface area contributed by atoms with Gasteiger partial charge in [0.1, 0.15) is 5.82 Å². The van der Waals surface area contributed by atoms with E-state index in [2.05, 4.69) is 22.5 Å². The molecule has 0 aromatic carbocycles. The Bertz CT molecular complexity index is 438. The van der Waals surface area contributed by atoms with Crippen LogP contribution in [0.1, 0.15) is 30.1 Å². The average molecular weight is 283 g/mol. The summed E-state index contributed by atoms with van der Waals surface area (Å²) in [5.74, 6) is 1.20. The number of amides is 1. The highest BCUT2D eigenvalue weighted by Gasteiger charge is 2.06. The van der Waals surface area contributed by atoms with Crippen molar-refractivity contribution in [2.45, 2.75) is 19.8 Å². The second-order valence-corrected chi connectivity index (χ2v) is 5.80. The number of hydrogen-bond acceptors (Lipinski definition) is 4. The fourth-order valence-corrected chi connectivity index (χ4v) is 2.05. The van der Waals surface area contributed by atoms with Crippen LogP contribution in [-0.2, 0) is 10.8 Å². The van der Waals surface area contributed by atoms with Crippen LogP contribution < -0.4 is 10.6 Å². The predicted molar refractivity (Wildman–Crippen MR) is 78.9 cm³/mol. The largest absolute Gasteiger partial charge is 0.370 e. The Hall–Kier alpha value is -1.43. The molecular weight excluding hydrogens is 262 g/mol. The molecule has 0 fully saturated rings. The van der Waals surface area contributed by atoms with Gasteiger partial charge >= 0.3 is 0 Å². The van der Waals surface area contributed by atoms with Crippen molar-refractivity contribution in [3.05, 3.63) is 23.9 Å². The number of hydrogen-bond donors (Lipinski definition) is 2. The van der Waals surface area contributed by atoms with Crippen molar-refractivity contribution in [2.75, 3.05) is 30.4 Å². The molecule has 106 valence electrons. The summed E-state index contributed by atoms with van der Waals surface area (Å²) < 4.78 is 10.9. The van der Waals surface area contributed by atoms with Gasteiger partial charge in [-0.05, 0) is 25.0 Å². The van der Waals surface area contributed by atoms with E-state index in [1.54, 1.807) is 24.6 Å². The van der Waals surface area contributed by atoms with E-state index < -0.39 is 10.8 Å². The normalized spacial score (nSPS) is 11.9. The van der Waals surface area contributed by atoms with Crippen LogP contribution >= 0.6 is 0 Å². The quantitative estimate of drug-likeness (QED) is 0.708. The molecule has 0 bridgehead atoms. The maximum absolute atomic E-state index is 11.9. The zero-order valence-corrected chi connectivity index (χ0v) is 12.3. The first kappa shape index (κ1) is 15.6. The Labute approximate surface area is 116 Å². The lowest BCUT2D eigenvalue weighted by Crippen LogP contribution is -2.25. The summed E-state index contributed by atoms with van der Waals surface area (Å²) in [5.41, 5.74) is 0.589. The summed E-state index contributed by atoms with van der Waals surface area (Å²) >= 11 is 0. The van der Waals surface area contributed by atoms with E-state index in [1.807, 2.05) is 0 Å². The lowest BCUT2D eigenvalue weighted by atomic mass is 10.2. The Morgan fingerprint density at radius 2 is 2.21 bits per heavy atom. The number of pyridine rings is 1. The molecule has 1 atom stereocenters. The molecule has 1 heterocycles. The fourth-order valence-electron chi connectivity index (χ4n) is 1.50. The van der Waals surface area contributed by atoms with Crippen LogP contribution in [0.3, 0.4) is 0 Å². The van der Waals surface area contributed by atoms with E-state index in [0.717, 1.165) is 19.4 Å². The van der Waals surface area contributed by atoms with E-state index in [0.29, 0.717) is 23.7 Å². The molecule has 6 heteroatoms. The molecule has 2 N–H and O–H groups in total. The maximum atomic E-state index is 11.9. The Morgan fingerprint density at radius 1 is 1.42 bits per heavy atom. The zero-order chi connectivity index (χ0) is 14.1. The van der Waals surface area contributed by atoms with Gasteiger partial charge in [-0.15, -0.1) is 0 Å². The first-order valence-corrected chi connectivity index (χ1v) is 8.14. The maximum Gasteiger partial charge on any atom is 0.251 e. The van der Waals surface area contributed by atoms with Crippen LogP contribution in [0.4, 0.5) is 5.82 Å². The molecule has 0 saturated carbocycles. The molecular formula is C13H21N3O2S. The van der Waals surface area contributed by atoms with Crippen LogP contribution in [0.15, 0.2) is 18.3 Å². The molecule has 1 aromatic rings. The predicted octanol–water partition coefficient (Wildman–Crippen LogP) is 1.40. The van der Waals surface area contributed by atoms with E-state index >= 15 is 0 Å². The van der Waals surface area contributed by atoms with Crippen LogP contribution in [0.25, 0.3) is 0 Å². The number of nitrogens with zero attached hydrogens (tertiary/aromatic N) is 1. The van der Waals surface area contributed by atoms with Gasteiger partial charge in [-0.3, -0.25) is 9.00 Å². The summed E-state index contributed by atoms with van der Waals surface area (Å²) in [7, 11) is -0.804. The Kier molecular flexibility index (Phi) is 7.10. The molecule has 0 radical (unpaired) electrons. The number of carbonyl (C=O) groups excluding carboxylic acids is 1. The van der Waals surface area contributed by atoms with E-state index in [-0.39, 0.29) is 5.91 Å². The molecule has 1 amide bonds. The Balaban J connectivity index is 2.45. The minimum absolute atomic E-state index is 0.121. The van der Waals surface area contributed by atoms with Gasteiger partial charge in [-0.2, -0.15) is 0 Å². The standard InChI is InChI=1S/C13H21N3O2S/c1-3-6-14-12-10-11(5-8-15-12)13(17)16-7-4-9-19(2)18/h5,8,10H,3-4,6-7,9H2,1-2H3,(H,14,15)(H,16,17). The number of nitrogens with one attached hydrogen (secondary N) is 2. The topological polar surface area (TPSA) is 71.1 Å². The van der Waals surface area contributed by atoms with Gasteiger partial charge in [0.15, 0.2) is 0 Å². The highest BCUT2D eigenvalue weighted by atomic mass is 32.2. The number of rotatable bonds is 8. The third-order valence-electron chi connectivity index (χ3n) is 2.47. The van der Waals surface area contributed by atoms with Gasteiger partial charge in [0, 0.05) is 47.7 Å². The van der Waals surface area contributed by atoms with Crippen molar-refractivity contribution in [3.8, 4) is 0 Å². The second kappa shape index (κ2) is 8.63. The summed E-state index contributed by atoms with van der Waals surface area (Å²) in [6.07, 6.45) is 5.01. The first-order chi connectivity index (χ1) is 9.13. The summed E-state index contributed by atoms with van der Waals surface area (Å²) in [6, 6.07) is 3.42. The van der Waals surface area contributed by atoms with Crippen molar-refractivity contribution in [3.63, 3.8) is 0 Å². The van der Waals surface area contributed by atoms with Gasteiger partial charge < -0.3 is 10.6 Å².